The number of carbonyl (C=O) groups is 1. The normalized spacial score (nSPS) is 21.8. The molecule has 2 aliphatic rings. The van der Waals surface area contributed by atoms with Crippen LogP contribution in [0.4, 0.5) is 0 Å². The zero-order valence-electron chi connectivity index (χ0n) is 15.3. The number of piperidine rings is 1. The molecule has 2 saturated heterocycles. The Balaban J connectivity index is 1.44. The van der Waals surface area contributed by atoms with E-state index in [0.717, 1.165) is 19.4 Å². The molecule has 0 radical (unpaired) electrons. The van der Waals surface area contributed by atoms with Crippen molar-refractivity contribution in [1.82, 2.24) is 4.90 Å². The number of benzene rings is 1. The van der Waals surface area contributed by atoms with E-state index in [4.69, 9.17) is 21.1 Å². The lowest BCUT2D eigenvalue weighted by molar-refractivity contribution is -0.134. The van der Waals surface area contributed by atoms with Gasteiger partial charge in [-0.2, -0.15) is 0 Å². The Morgan fingerprint density at radius 1 is 1.19 bits per heavy atom. The van der Waals surface area contributed by atoms with Crippen molar-refractivity contribution >= 4 is 27.3 Å². The van der Waals surface area contributed by atoms with Crippen LogP contribution < -0.4 is 4.74 Å². The average Bonchev–Trinajstić information content (AvgIpc) is 2.68. The highest BCUT2D eigenvalue weighted by molar-refractivity contribution is 7.92. The summed E-state index contributed by atoms with van der Waals surface area (Å²) in [6, 6.07) is 6.83. The number of nitrogens with zero attached hydrogens (tertiary/aromatic N) is 1. The predicted molar refractivity (Wildman–Crippen MR) is 104 cm³/mol. The molecule has 0 spiro atoms. The van der Waals surface area contributed by atoms with Gasteiger partial charge in [-0.1, -0.05) is 11.6 Å². The van der Waals surface area contributed by atoms with Crippen LogP contribution in [-0.4, -0.2) is 63.1 Å². The number of sulfone groups is 1. The van der Waals surface area contributed by atoms with Crippen molar-refractivity contribution in [3.05, 3.63) is 29.3 Å². The van der Waals surface area contributed by atoms with E-state index >= 15 is 0 Å². The molecule has 1 amide bonds. The number of rotatable bonds is 6. The van der Waals surface area contributed by atoms with Gasteiger partial charge in [0.2, 0.25) is 0 Å². The van der Waals surface area contributed by atoms with Gasteiger partial charge in [-0.25, -0.2) is 8.42 Å². The fraction of sp³-hybridized carbons (Fsp3) is 0.632. The van der Waals surface area contributed by atoms with E-state index in [9.17, 15) is 13.2 Å². The van der Waals surface area contributed by atoms with E-state index in [0.29, 0.717) is 43.3 Å². The van der Waals surface area contributed by atoms with Gasteiger partial charge in [0.1, 0.15) is 5.75 Å². The van der Waals surface area contributed by atoms with Crippen LogP contribution in [0.5, 0.6) is 5.75 Å². The molecule has 1 aromatic rings. The molecule has 0 saturated carbocycles. The molecule has 0 aliphatic carbocycles. The van der Waals surface area contributed by atoms with Gasteiger partial charge in [-0.3, -0.25) is 4.79 Å². The molecule has 2 aliphatic heterocycles. The quantitative estimate of drug-likeness (QED) is 0.713. The molecule has 1 unspecified atom stereocenters. The molecule has 150 valence electrons. The summed E-state index contributed by atoms with van der Waals surface area (Å²) in [4.78, 5) is 14.0. The van der Waals surface area contributed by atoms with Gasteiger partial charge < -0.3 is 14.4 Å². The lowest BCUT2D eigenvalue weighted by atomic mass is 10.1. The standard InChI is InChI=1S/C19H26ClNO5S/c20-16-3-5-17(6-4-16)26-13-19(22)21-9-7-18(8-10-21)27(23,24)14-15-2-1-11-25-12-15/h3-6,15,18H,1-2,7-14H2. The molecule has 0 aromatic heterocycles. The molecule has 1 atom stereocenters. The molecule has 8 heteroatoms. The Hall–Kier alpha value is -1.31. The second-order valence-corrected chi connectivity index (χ2v) is 10.00. The third kappa shape index (κ3) is 5.83. The Kier molecular flexibility index (Phi) is 7.00. The van der Waals surface area contributed by atoms with Crippen molar-refractivity contribution in [3.8, 4) is 5.75 Å². The van der Waals surface area contributed by atoms with Gasteiger partial charge in [-0.15, -0.1) is 0 Å². The lowest BCUT2D eigenvalue weighted by Crippen LogP contribution is -2.45. The molecule has 2 heterocycles. The highest BCUT2D eigenvalue weighted by atomic mass is 35.5. The molecular weight excluding hydrogens is 390 g/mol. The Labute approximate surface area is 165 Å². The van der Waals surface area contributed by atoms with Crippen molar-refractivity contribution in [3.63, 3.8) is 0 Å². The largest absolute Gasteiger partial charge is 0.484 e. The summed E-state index contributed by atoms with van der Waals surface area (Å²) in [5, 5.41) is 0.248. The zero-order valence-corrected chi connectivity index (χ0v) is 16.9. The van der Waals surface area contributed by atoms with Gasteiger partial charge in [0.25, 0.3) is 5.91 Å². The highest BCUT2D eigenvalue weighted by Gasteiger charge is 2.33. The van der Waals surface area contributed by atoms with Crippen LogP contribution >= 0.6 is 11.6 Å². The van der Waals surface area contributed by atoms with Crippen molar-refractivity contribution in [2.75, 3.05) is 38.7 Å². The van der Waals surface area contributed by atoms with Gasteiger partial charge in [0, 0.05) is 24.7 Å². The number of amides is 1. The lowest BCUT2D eigenvalue weighted by Gasteiger charge is -2.32. The zero-order chi connectivity index (χ0) is 19.3. The van der Waals surface area contributed by atoms with E-state index in [2.05, 4.69) is 0 Å². The number of hydrogen-bond donors (Lipinski definition) is 0. The molecule has 0 N–H and O–H groups in total. The summed E-state index contributed by atoms with van der Waals surface area (Å²) in [6.07, 6.45) is 2.82. The SMILES string of the molecule is O=C(COc1ccc(Cl)cc1)N1CCC(S(=O)(=O)CC2CCCOC2)CC1. The smallest absolute Gasteiger partial charge is 0.260 e. The van der Waals surface area contributed by atoms with Crippen molar-refractivity contribution < 1.29 is 22.7 Å². The monoisotopic (exact) mass is 415 g/mol. The van der Waals surface area contributed by atoms with Gasteiger partial charge in [0.05, 0.1) is 17.6 Å². The first kappa shape index (κ1) is 20.4. The van der Waals surface area contributed by atoms with Crippen LogP contribution in [0.15, 0.2) is 24.3 Å². The first-order valence-corrected chi connectivity index (χ1v) is 11.5. The third-order valence-corrected chi connectivity index (χ3v) is 7.88. The summed E-state index contributed by atoms with van der Waals surface area (Å²) >= 11 is 5.82. The first-order chi connectivity index (χ1) is 12.9. The van der Waals surface area contributed by atoms with E-state index in [-0.39, 0.29) is 29.4 Å². The van der Waals surface area contributed by atoms with E-state index < -0.39 is 9.84 Å². The first-order valence-electron chi connectivity index (χ1n) is 9.39. The summed E-state index contributed by atoms with van der Waals surface area (Å²) in [6.45, 7) is 2.12. The maximum Gasteiger partial charge on any atom is 0.260 e. The minimum absolute atomic E-state index is 0.0571. The van der Waals surface area contributed by atoms with Crippen LogP contribution in [0.25, 0.3) is 0 Å². The van der Waals surface area contributed by atoms with Crippen LogP contribution in [-0.2, 0) is 19.4 Å². The maximum atomic E-state index is 12.7. The van der Waals surface area contributed by atoms with Crippen molar-refractivity contribution in [2.24, 2.45) is 5.92 Å². The minimum Gasteiger partial charge on any atom is -0.484 e. The highest BCUT2D eigenvalue weighted by Crippen LogP contribution is 2.24. The Morgan fingerprint density at radius 2 is 1.89 bits per heavy atom. The number of likely N-dealkylation sites (tertiary alicyclic amines) is 1. The van der Waals surface area contributed by atoms with Crippen molar-refractivity contribution in [1.29, 1.82) is 0 Å². The Morgan fingerprint density at radius 3 is 2.52 bits per heavy atom. The number of hydrogen-bond acceptors (Lipinski definition) is 5. The molecule has 3 rings (SSSR count). The second kappa shape index (κ2) is 9.26. The van der Waals surface area contributed by atoms with Gasteiger partial charge in [0.15, 0.2) is 16.4 Å². The predicted octanol–water partition coefficient (Wildman–Crippen LogP) is 2.55. The molecule has 0 bridgehead atoms. The molecule has 1 aromatic carbocycles. The molecule has 2 fully saturated rings. The number of halogens is 1. The van der Waals surface area contributed by atoms with Crippen LogP contribution in [0.3, 0.4) is 0 Å². The minimum atomic E-state index is -3.15. The van der Waals surface area contributed by atoms with E-state index in [1.165, 1.54) is 0 Å². The third-order valence-electron chi connectivity index (χ3n) is 5.20. The van der Waals surface area contributed by atoms with Gasteiger partial charge >= 0.3 is 0 Å². The Bertz CT molecular complexity index is 723. The second-order valence-electron chi connectivity index (χ2n) is 7.24. The van der Waals surface area contributed by atoms with Gasteiger partial charge in [-0.05, 0) is 55.9 Å². The summed E-state index contributed by atoms with van der Waals surface area (Å²) in [7, 11) is -3.15. The fourth-order valence-corrected chi connectivity index (χ4v) is 5.88. The van der Waals surface area contributed by atoms with Crippen molar-refractivity contribution in [2.45, 2.75) is 30.9 Å². The summed E-state index contributed by atoms with van der Waals surface area (Å²) in [5.41, 5.74) is 0. The summed E-state index contributed by atoms with van der Waals surface area (Å²) < 4.78 is 36.2. The summed E-state index contributed by atoms with van der Waals surface area (Å²) in [5.74, 6) is 0.767. The van der Waals surface area contributed by atoms with Crippen LogP contribution in [0.2, 0.25) is 5.02 Å². The van der Waals surface area contributed by atoms with Crippen LogP contribution in [0, 0.1) is 5.92 Å². The molecular formula is C19H26ClNO5S. The fourth-order valence-electron chi connectivity index (χ4n) is 3.63. The van der Waals surface area contributed by atoms with Crippen LogP contribution in [0.1, 0.15) is 25.7 Å². The average molecular weight is 416 g/mol. The van der Waals surface area contributed by atoms with E-state index in [1.807, 2.05) is 0 Å². The number of ether oxygens (including phenoxy) is 2. The molecule has 27 heavy (non-hydrogen) atoms. The maximum absolute atomic E-state index is 12.7. The van der Waals surface area contributed by atoms with E-state index in [1.54, 1.807) is 29.2 Å². The molecule has 6 nitrogen and oxygen atoms in total. The topological polar surface area (TPSA) is 72.9 Å². The number of carbonyl (C=O) groups excluding carboxylic acids is 1.